The molecule has 0 aliphatic carbocycles. The topological polar surface area (TPSA) is 118 Å². The lowest BCUT2D eigenvalue weighted by Crippen LogP contribution is -2.29. The van der Waals surface area contributed by atoms with Crippen LogP contribution in [-0.4, -0.2) is 47.5 Å². The van der Waals surface area contributed by atoms with Gasteiger partial charge >= 0.3 is 0 Å². The van der Waals surface area contributed by atoms with Gasteiger partial charge in [-0.2, -0.15) is 0 Å². The summed E-state index contributed by atoms with van der Waals surface area (Å²) in [4.78, 5) is 20.8. The summed E-state index contributed by atoms with van der Waals surface area (Å²) in [7, 11) is -4.56. The number of carbonyl (C=O) groups is 1. The summed E-state index contributed by atoms with van der Waals surface area (Å²) in [5.41, 5.74) is -2.38. The first kappa shape index (κ1) is 28.5. The molecule has 0 unspecified atom stereocenters. The Balaban J connectivity index is 1.84. The van der Waals surface area contributed by atoms with Gasteiger partial charge in [-0.1, -0.05) is 11.6 Å². The number of halogens is 4. The second-order valence-corrected chi connectivity index (χ2v) is 11.8. The molecule has 1 aliphatic rings. The third-order valence-corrected chi connectivity index (χ3v) is 7.65. The number of nitrogens with zero attached hydrogens (tertiary/aromatic N) is 2. The van der Waals surface area contributed by atoms with E-state index in [4.69, 9.17) is 16.3 Å². The third-order valence-electron chi connectivity index (χ3n) is 5.76. The maximum Gasteiger partial charge on any atom is 0.223 e. The molecule has 2 N–H and O–H groups in total. The number of hydrogen-bond donors (Lipinski definition) is 2. The van der Waals surface area contributed by atoms with Crippen LogP contribution in [0, 0.1) is 17.5 Å². The predicted octanol–water partition coefficient (Wildman–Crippen LogP) is 4.56. The molecule has 0 saturated heterocycles. The van der Waals surface area contributed by atoms with Gasteiger partial charge in [0.15, 0.2) is 21.2 Å². The molecular weight excluding hydrogens is 559 g/mol. The highest BCUT2D eigenvalue weighted by Crippen LogP contribution is 2.43. The Kier molecular flexibility index (Phi) is 7.75. The number of nitrogens with one attached hydrogen (secondary N) is 1. The maximum absolute atomic E-state index is 15.9. The minimum atomic E-state index is -4.56. The lowest BCUT2D eigenvalue weighted by atomic mass is 9.92. The molecule has 1 aromatic heterocycles. The number of ether oxygens (including phenoxy) is 1. The summed E-state index contributed by atoms with van der Waals surface area (Å²) in [5.74, 6) is -4.97. The zero-order valence-corrected chi connectivity index (χ0v) is 22.5. The molecule has 0 bridgehead atoms. The number of benzene rings is 2. The first-order valence-corrected chi connectivity index (χ1v) is 13.6. The fraction of sp³-hybridized carbons (Fsp3) is 0.269. The van der Waals surface area contributed by atoms with Crippen molar-refractivity contribution in [2.24, 2.45) is 0 Å². The van der Waals surface area contributed by atoms with Crippen molar-refractivity contribution in [2.75, 3.05) is 11.9 Å². The Labute approximate surface area is 227 Å². The largest absolute Gasteiger partial charge is 0.477 e. The van der Waals surface area contributed by atoms with Gasteiger partial charge < -0.3 is 15.2 Å². The molecule has 3 aromatic rings. The van der Waals surface area contributed by atoms with Gasteiger partial charge in [0, 0.05) is 28.9 Å². The van der Waals surface area contributed by atoms with Crippen molar-refractivity contribution >= 4 is 44.5 Å². The van der Waals surface area contributed by atoms with E-state index >= 15 is 4.39 Å². The van der Waals surface area contributed by atoms with E-state index in [0.717, 1.165) is 18.2 Å². The van der Waals surface area contributed by atoms with Crippen molar-refractivity contribution in [3.8, 4) is 0 Å². The van der Waals surface area contributed by atoms with Gasteiger partial charge in [-0.25, -0.2) is 31.6 Å². The molecule has 0 radical (unpaired) electrons. The van der Waals surface area contributed by atoms with Crippen molar-refractivity contribution in [3.63, 3.8) is 0 Å². The van der Waals surface area contributed by atoms with Crippen LogP contribution >= 0.6 is 11.6 Å². The lowest BCUT2D eigenvalue weighted by Gasteiger charge is -2.17. The van der Waals surface area contributed by atoms with Gasteiger partial charge in [0.1, 0.15) is 28.0 Å². The number of hydrogen-bond acceptors (Lipinski definition) is 8. The molecule has 1 aliphatic heterocycles. The van der Waals surface area contributed by atoms with Gasteiger partial charge in [0.2, 0.25) is 11.7 Å². The Hall–Kier alpha value is -3.48. The molecule has 0 saturated carbocycles. The molecule has 0 fully saturated rings. The van der Waals surface area contributed by atoms with E-state index in [0.29, 0.717) is 12.1 Å². The molecule has 2 heterocycles. The van der Waals surface area contributed by atoms with Crippen LogP contribution in [0.2, 0.25) is 5.02 Å². The minimum Gasteiger partial charge on any atom is -0.477 e. The summed E-state index contributed by atoms with van der Waals surface area (Å²) in [5, 5.41) is 12.2. The molecule has 1 atom stereocenters. The molecule has 13 heteroatoms. The normalized spacial score (nSPS) is 15.8. The zero-order chi connectivity index (χ0) is 28.7. The van der Waals surface area contributed by atoms with Crippen LogP contribution in [0.1, 0.15) is 37.6 Å². The SMILES string of the molecule is C[C@H](O)CNc1nccc(C2=C(c3cc(Cl)cc(CS(=O)(=O)c4cc(F)ccc4F)c3F)C(=O)C(C)(C)O2)n1. The first-order valence-electron chi connectivity index (χ1n) is 11.6. The number of sulfone groups is 1. The molecule has 4 rings (SSSR count). The number of anilines is 1. The van der Waals surface area contributed by atoms with E-state index in [9.17, 15) is 27.1 Å². The molecule has 0 spiro atoms. The number of carbonyl (C=O) groups excluding carboxylic acids is 1. The quantitative estimate of drug-likeness (QED) is 0.397. The smallest absolute Gasteiger partial charge is 0.223 e. The van der Waals surface area contributed by atoms with Crippen LogP contribution in [0.15, 0.2) is 47.5 Å². The second-order valence-electron chi connectivity index (χ2n) is 9.40. The predicted molar refractivity (Wildman–Crippen MR) is 138 cm³/mol. The highest BCUT2D eigenvalue weighted by molar-refractivity contribution is 7.90. The lowest BCUT2D eigenvalue weighted by molar-refractivity contribution is -0.125. The number of aromatic nitrogens is 2. The van der Waals surface area contributed by atoms with Crippen LogP contribution in [0.25, 0.3) is 11.3 Å². The van der Waals surface area contributed by atoms with E-state index in [2.05, 4.69) is 15.3 Å². The molecular formula is C26H23ClF3N3O5S. The first-order chi connectivity index (χ1) is 18.2. The summed E-state index contributed by atoms with van der Waals surface area (Å²) in [6, 6.07) is 5.51. The van der Waals surface area contributed by atoms with Crippen LogP contribution in [0.5, 0.6) is 0 Å². The van der Waals surface area contributed by atoms with E-state index in [-0.39, 0.29) is 40.1 Å². The van der Waals surface area contributed by atoms with Crippen molar-refractivity contribution in [1.82, 2.24) is 9.97 Å². The van der Waals surface area contributed by atoms with Crippen molar-refractivity contribution in [3.05, 3.63) is 81.9 Å². The van der Waals surface area contributed by atoms with Crippen LogP contribution in [0.4, 0.5) is 19.1 Å². The highest BCUT2D eigenvalue weighted by Gasteiger charge is 2.44. The fourth-order valence-electron chi connectivity index (χ4n) is 3.92. The van der Waals surface area contributed by atoms with Crippen molar-refractivity contribution < 1.29 is 36.2 Å². The second kappa shape index (κ2) is 10.6. The molecule has 39 heavy (non-hydrogen) atoms. The van der Waals surface area contributed by atoms with Gasteiger partial charge in [-0.3, -0.25) is 4.79 Å². The van der Waals surface area contributed by atoms with E-state index in [1.807, 2.05) is 0 Å². The Bertz CT molecular complexity index is 1610. The number of aliphatic hydroxyl groups is 1. The Morgan fingerprint density at radius 1 is 1.15 bits per heavy atom. The van der Waals surface area contributed by atoms with Gasteiger partial charge in [-0.05, 0) is 57.2 Å². The third kappa shape index (κ3) is 5.92. The molecule has 0 amide bonds. The standard InChI is InChI=1S/C26H23ClF3N3O5S/c1-13(34)11-32-25-31-7-6-19(33-25)23-21(24(35)26(2,3)38-23)17-9-15(27)8-14(22(17)30)12-39(36,37)20-10-16(28)4-5-18(20)29/h4-10,13,34H,11-12H2,1-3H3,(H,31,32,33)/t13-/m0/s1. The number of ketones is 1. The van der Waals surface area contributed by atoms with Crippen LogP contribution in [0.3, 0.4) is 0 Å². The van der Waals surface area contributed by atoms with Crippen LogP contribution in [-0.2, 0) is 25.1 Å². The number of aliphatic hydroxyl groups excluding tert-OH is 1. The maximum atomic E-state index is 15.9. The van der Waals surface area contributed by atoms with E-state index in [1.165, 1.54) is 26.1 Å². The van der Waals surface area contributed by atoms with Crippen molar-refractivity contribution in [1.29, 1.82) is 0 Å². The van der Waals surface area contributed by atoms with Gasteiger partial charge in [0.25, 0.3) is 0 Å². The average molecular weight is 582 g/mol. The molecule has 206 valence electrons. The van der Waals surface area contributed by atoms with Crippen LogP contribution < -0.4 is 5.32 Å². The minimum absolute atomic E-state index is 0.0985. The molecule has 8 nitrogen and oxygen atoms in total. The van der Waals surface area contributed by atoms with Crippen molar-refractivity contribution in [2.45, 2.75) is 43.1 Å². The summed E-state index contributed by atoms with van der Waals surface area (Å²) in [6.07, 6.45) is 0.669. The summed E-state index contributed by atoms with van der Waals surface area (Å²) >= 11 is 6.21. The average Bonchev–Trinajstić information content (AvgIpc) is 3.10. The number of rotatable bonds is 8. The fourth-order valence-corrected chi connectivity index (χ4v) is 5.59. The van der Waals surface area contributed by atoms with E-state index < -0.39 is 61.0 Å². The Morgan fingerprint density at radius 3 is 2.56 bits per heavy atom. The van der Waals surface area contributed by atoms with E-state index in [1.54, 1.807) is 6.92 Å². The van der Waals surface area contributed by atoms with Gasteiger partial charge in [0.05, 0.1) is 17.4 Å². The number of Topliss-reactive ketones (excluding diaryl/α,β-unsaturated/α-hetero) is 1. The highest BCUT2D eigenvalue weighted by atomic mass is 35.5. The monoisotopic (exact) mass is 581 g/mol. The zero-order valence-electron chi connectivity index (χ0n) is 20.9. The summed E-state index contributed by atoms with van der Waals surface area (Å²) < 4.78 is 75.5. The Morgan fingerprint density at radius 2 is 1.87 bits per heavy atom. The molecule has 2 aromatic carbocycles. The van der Waals surface area contributed by atoms with Gasteiger partial charge in [-0.15, -0.1) is 0 Å². The summed E-state index contributed by atoms with van der Waals surface area (Å²) in [6.45, 7) is 4.63.